The number of carbonyl (C=O) groups is 2. The first-order valence-electron chi connectivity index (χ1n) is 7.33. The van der Waals surface area contributed by atoms with Crippen LogP contribution in [0.3, 0.4) is 0 Å². The van der Waals surface area contributed by atoms with Gasteiger partial charge in [0.2, 0.25) is 0 Å². The number of methoxy groups -OCH3 is 1. The van der Waals surface area contributed by atoms with E-state index < -0.39 is 18.0 Å². The fourth-order valence-corrected chi connectivity index (χ4v) is 2.24. The number of para-hydroxylation sites is 1. The third-order valence-corrected chi connectivity index (χ3v) is 3.67. The van der Waals surface area contributed by atoms with Crippen molar-refractivity contribution < 1.29 is 19.1 Å². The van der Waals surface area contributed by atoms with E-state index in [2.05, 4.69) is 5.32 Å². The van der Waals surface area contributed by atoms with Gasteiger partial charge in [-0.3, -0.25) is 4.79 Å². The Kier molecular flexibility index (Phi) is 5.82. The van der Waals surface area contributed by atoms with Crippen molar-refractivity contribution >= 4 is 29.2 Å². The van der Waals surface area contributed by atoms with E-state index in [1.54, 1.807) is 18.2 Å². The summed E-state index contributed by atoms with van der Waals surface area (Å²) in [7, 11) is 1.44. The molecule has 1 amide bonds. The number of carbonyl (C=O) groups excluding carboxylic acids is 2. The first-order chi connectivity index (χ1) is 11.4. The van der Waals surface area contributed by atoms with Gasteiger partial charge in [-0.25, -0.2) is 4.79 Å². The summed E-state index contributed by atoms with van der Waals surface area (Å²) in [5.74, 6) is -0.767. The molecule has 0 saturated carbocycles. The lowest BCUT2D eigenvalue weighted by Crippen LogP contribution is -2.30. The summed E-state index contributed by atoms with van der Waals surface area (Å²) in [5.41, 5.74) is 1.76. The van der Waals surface area contributed by atoms with E-state index >= 15 is 0 Å². The summed E-state index contributed by atoms with van der Waals surface area (Å²) >= 11 is 5.90. The molecule has 2 aromatic rings. The number of anilines is 1. The Balaban J connectivity index is 2.07. The van der Waals surface area contributed by atoms with E-state index in [9.17, 15) is 9.59 Å². The maximum Gasteiger partial charge on any atom is 0.342 e. The molecule has 0 radical (unpaired) electrons. The van der Waals surface area contributed by atoms with Crippen molar-refractivity contribution in [2.45, 2.75) is 20.0 Å². The molecule has 1 N–H and O–H groups in total. The molecule has 126 valence electrons. The van der Waals surface area contributed by atoms with E-state index in [1.807, 2.05) is 25.1 Å². The van der Waals surface area contributed by atoms with Gasteiger partial charge >= 0.3 is 5.97 Å². The van der Waals surface area contributed by atoms with Crippen molar-refractivity contribution in [2.24, 2.45) is 0 Å². The van der Waals surface area contributed by atoms with Crippen molar-refractivity contribution in [2.75, 3.05) is 12.4 Å². The van der Waals surface area contributed by atoms with Crippen LogP contribution in [-0.4, -0.2) is 25.1 Å². The molecule has 0 bridgehead atoms. The van der Waals surface area contributed by atoms with Crippen LogP contribution in [0, 0.1) is 6.92 Å². The molecule has 0 aliphatic carbocycles. The highest BCUT2D eigenvalue weighted by Gasteiger charge is 2.22. The zero-order valence-corrected chi connectivity index (χ0v) is 14.4. The van der Waals surface area contributed by atoms with Crippen LogP contribution < -0.4 is 10.1 Å². The number of rotatable bonds is 5. The van der Waals surface area contributed by atoms with Crippen LogP contribution in [0.1, 0.15) is 22.8 Å². The Morgan fingerprint density at radius 2 is 1.88 bits per heavy atom. The third kappa shape index (κ3) is 4.26. The second kappa shape index (κ2) is 7.84. The molecule has 0 spiro atoms. The summed E-state index contributed by atoms with van der Waals surface area (Å²) in [4.78, 5) is 24.5. The van der Waals surface area contributed by atoms with Gasteiger partial charge in [-0.15, -0.1) is 0 Å². The first kappa shape index (κ1) is 17.8. The Morgan fingerprint density at radius 3 is 2.54 bits per heavy atom. The van der Waals surface area contributed by atoms with Gasteiger partial charge in [0.1, 0.15) is 11.3 Å². The Bertz CT molecular complexity index is 760. The van der Waals surface area contributed by atoms with Crippen LogP contribution in [0.25, 0.3) is 0 Å². The number of amides is 1. The first-order valence-corrected chi connectivity index (χ1v) is 7.71. The van der Waals surface area contributed by atoms with Crippen LogP contribution in [0.5, 0.6) is 5.75 Å². The monoisotopic (exact) mass is 347 g/mol. The van der Waals surface area contributed by atoms with E-state index in [-0.39, 0.29) is 5.56 Å². The summed E-state index contributed by atoms with van der Waals surface area (Å²) in [6.45, 7) is 3.38. The average molecular weight is 348 g/mol. The molecule has 0 fully saturated rings. The standard InChI is InChI=1S/C18H18ClNO4/c1-11-6-4-5-7-15(11)20-17(21)12(2)24-18(22)14-10-13(19)8-9-16(14)23-3/h4-10,12H,1-3H3,(H,20,21)/t12-/m1/s1. The number of ether oxygens (including phenoxy) is 2. The minimum atomic E-state index is -0.971. The molecule has 0 unspecified atom stereocenters. The van der Waals surface area contributed by atoms with Crippen molar-refractivity contribution in [1.29, 1.82) is 0 Å². The number of esters is 1. The fourth-order valence-electron chi connectivity index (χ4n) is 2.06. The number of hydrogen-bond donors (Lipinski definition) is 1. The van der Waals surface area contributed by atoms with Crippen molar-refractivity contribution in [1.82, 2.24) is 0 Å². The zero-order valence-electron chi connectivity index (χ0n) is 13.6. The lowest BCUT2D eigenvalue weighted by molar-refractivity contribution is -0.123. The summed E-state index contributed by atoms with van der Waals surface area (Å²) in [6.07, 6.45) is -0.971. The number of benzene rings is 2. The van der Waals surface area contributed by atoms with E-state index in [0.717, 1.165) is 5.56 Å². The maximum absolute atomic E-state index is 12.3. The van der Waals surface area contributed by atoms with Gasteiger partial charge in [0.05, 0.1) is 7.11 Å². The highest BCUT2D eigenvalue weighted by atomic mass is 35.5. The Morgan fingerprint density at radius 1 is 1.17 bits per heavy atom. The quantitative estimate of drug-likeness (QED) is 0.834. The molecule has 0 heterocycles. The second-order valence-corrected chi connectivity index (χ2v) is 5.63. The van der Waals surface area contributed by atoms with Gasteiger partial charge < -0.3 is 14.8 Å². The average Bonchev–Trinajstić information content (AvgIpc) is 2.56. The van der Waals surface area contributed by atoms with E-state index in [1.165, 1.54) is 20.1 Å². The molecule has 0 saturated heterocycles. The highest BCUT2D eigenvalue weighted by Crippen LogP contribution is 2.24. The highest BCUT2D eigenvalue weighted by molar-refractivity contribution is 6.31. The van der Waals surface area contributed by atoms with Gasteiger partial charge in [-0.05, 0) is 43.7 Å². The molecular weight excluding hydrogens is 330 g/mol. The van der Waals surface area contributed by atoms with Gasteiger partial charge in [0.15, 0.2) is 6.10 Å². The molecule has 5 nitrogen and oxygen atoms in total. The summed E-state index contributed by atoms with van der Waals surface area (Å²) in [5, 5.41) is 3.11. The lowest BCUT2D eigenvalue weighted by atomic mass is 10.2. The molecule has 6 heteroatoms. The lowest BCUT2D eigenvalue weighted by Gasteiger charge is -2.15. The minimum Gasteiger partial charge on any atom is -0.496 e. The number of aryl methyl sites for hydroxylation is 1. The van der Waals surface area contributed by atoms with Crippen molar-refractivity contribution in [3.8, 4) is 5.75 Å². The van der Waals surface area contributed by atoms with Gasteiger partial charge in [0.25, 0.3) is 5.91 Å². The third-order valence-electron chi connectivity index (χ3n) is 3.44. The van der Waals surface area contributed by atoms with Crippen LogP contribution in [0.4, 0.5) is 5.69 Å². The maximum atomic E-state index is 12.3. The van der Waals surface area contributed by atoms with Crippen molar-refractivity contribution in [3.63, 3.8) is 0 Å². The van der Waals surface area contributed by atoms with Gasteiger partial charge in [0, 0.05) is 10.7 Å². The molecular formula is C18H18ClNO4. The van der Waals surface area contributed by atoms with Gasteiger partial charge in [-0.1, -0.05) is 29.8 Å². The number of hydrogen-bond acceptors (Lipinski definition) is 4. The molecule has 1 atom stereocenters. The zero-order chi connectivity index (χ0) is 17.7. The largest absolute Gasteiger partial charge is 0.496 e. The van der Waals surface area contributed by atoms with Gasteiger partial charge in [-0.2, -0.15) is 0 Å². The van der Waals surface area contributed by atoms with Crippen LogP contribution in [0.2, 0.25) is 5.02 Å². The molecule has 24 heavy (non-hydrogen) atoms. The van der Waals surface area contributed by atoms with Crippen LogP contribution in [0.15, 0.2) is 42.5 Å². The molecule has 2 rings (SSSR count). The minimum absolute atomic E-state index is 0.167. The predicted octanol–water partition coefficient (Wildman–Crippen LogP) is 3.84. The van der Waals surface area contributed by atoms with E-state index in [4.69, 9.17) is 21.1 Å². The Labute approximate surface area is 145 Å². The predicted molar refractivity (Wildman–Crippen MR) is 92.7 cm³/mol. The topological polar surface area (TPSA) is 64.6 Å². The smallest absolute Gasteiger partial charge is 0.342 e. The summed E-state index contributed by atoms with van der Waals surface area (Å²) in [6, 6.07) is 12.0. The molecule has 2 aromatic carbocycles. The SMILES string of the molecule is COc1ccc(Cl)cc1C(=O)O[C@H](C)C(=O)Nc1ccccc1C. The normalized spacial score (nSPS) is 11.5. The fraction of sp³-hybridized carbons (Fsp3) is 0.222. The van der Waals surface area contributed by atoms with E-state index in [0.29, 0.717) is 16.5 Å². The van der Waals surface area contributed by atoms with Crippen molar-refractivity contribution in [3.05, 3.63) is 58.6 Å². The summed E-state index contributed by atoms with van der Waals surface area (Å²) < 4.78 is 10.3. The molecule has 0 aromatic heterocycles. The molecule has 0 aliphatic heterocycles. The second-order valence-electron chi connectivity index (χ2n) is 5.20. The number of halogens is 1. The Hall–Kier alpha value is -2.53. The number of nitrogens with one attached hydrogen (secondary N) is 1. The van der Waals surface area contributed by atoms with Crippen LogP contribution >= 0.6 is 11.6 Å². The molecule has 0 aliphatic rings. The van der Waals surface area contributed by atoms with Crippen LogP contribution in [-0.2, 0) is 9.53 Å².